The van der Waals surface area contributed by atoms with Gasteiger partial charge in [-0.2, -0.15) is 0 Å². The molecule has 0 aromatic carbocycles. The molecular weight excluding hydrogens is 253 g/mol. The van der Waals surface area contributed by atoms with E-state index in [9.17, 15) is 0 Å². The number of aromatic nitrogens is 2. The molecule has 5 heteroatoms. The summed E-state index contributed by atoms with van der Waals surface area (Å²) < 4.78 is 0. The summed E-state index contributed by atoms with van der Waals surface area (Å²) in [5.74, 6) is 5.99. The smallest absolute Gasteiger partial charge is 0.165 e. The Hall–Kier alpha value is -0.790. The zero-order chi connectivity index (χ0) is 9.68. The van der Waals surface area contributed by atoms with Crippen molar-refractivity contribution in [3.05, 3.63) is 17.0 Å². The molecule has 0 saturated carbocycles. The van der Waals surface area contributed by atoms with Gasteiger partial charge in [0, 0.05) is 11.8 Å². The summed E-state index contributed by atoms with van der Waals surface area (Å²) in [5.41, 5.74) is 5.84. The fourth-order valence-electron chi connectivity index (χ4n) is 0.656. The largest absolute Gasteiger partial charge is 0.382 e. The van der Waals surface area contributed by atoms with E-state index >= 15 is 0 Å². The van der Waals surface area contributed by atoms with Gasteiger partial charge in [0.2, 0.25) is 0 Å². The number of hydrogen-bond donors (Lipinski definition) is 1. The van der Waals surface area contributed by atoms with Crippen molar-refractivity contribution >= 4 is 33.3 Å². The van der Waals surface area contributed by atoms with Crippen LogP contribution >= 0.6 is 27.5 Å². The minimum absolute atomic E-state index is 0.252. The van der Waals surface area contributed by atoms with Gasteiger partial charge in [-0.05, 0) is 5.92 Å². The van der Waals surface area contributed by atoms with Gasteiger partial charge in [0.25, 0.3) is 0 Å². The summed E-state index contributed by atoms with van der Waals surface area (Å²) in [7, 11) is 0. The zero-order valence-corrected chi connectivity index (χ0v) is 9.06. The first-order valence-electron chi connectivity index (χ1n) is 3.57. The van der Waals surface area contributed by atoms with Crippen molar-refractivity contribution in [2.45, 2.75) is 6.42 Å². The third-order valence-corrected chi connectivity index (χ3v) is 1.83. The Morgan fingerprint density at radius 2 is 2.38 bits per heavy atom. The fourth-order valence-corrected chi connectivity index (χ4v) is 1.05. The van der Waals surface area contributed by atoms with Crippen molar-refractivity contribution in [1.29, 1.82) is 0 Å². The van der Waals surface area contributed by atoms with Crippen molar-refractivity contribution in [2.24, 2.45) is 0 Å². The second-order valence-electron chi connectivity index (χ2n) is 2.18. The quantitative estimate of drug-likeness (QED) is 0.619. The average Bonchev–Trinajstić information content (AvgIpc) is 2.09. The molecule has 0 atom stereocenters. The van der Waals surface area contributed by atoms with Gasteiger partial charge in [-0.15, -0.1) is 0 Å². The summed E-state index contributed by atoms with van der Waals surface area (Å²) in [6.45, 7) is 0. The molecule has 0 spiro atoms. The SMILES string of the molecule is Nc1cnc(C#CCCBr)c(Cl)n1. The van der Waals surface area contributed by atoms with E-state index in [1.807, 2.05) is 0 Å². The maximum absolute atomic E-state index is 5.74. The molecular formula is C8H7BrClN3. The summed E-state index contributed by atoms with van der Waals surface area (Å²) in [4.78, 5) is 7.76. The van der Waals surface area contributed by atoms with Crippen molar-refractivity contribution in [1.82, 2.24) is 9.97 Å². The molecule has 3 nitrogen and oxygen atoms in total. The highest BCUT2D eigenvalue weighted by molar-refractivity contribution is 9.09. The van der Waals surface area contributed by atoms with E-state index in [2.05, 4.69) is 37.7 Å². The number of hydrogen-bond acceptors (Lipinski definition) is 3. The van der Waals surface area contributed by atoms with Crippen LogP contribution in [0, 0.1) is 11.8 Å². The maximum atomic E-state index is 5.74. The first kappa shape index (κ1) is 10.3. The summed E-state index contributed by atoms with van der Waals surface area (Å²) in [5, 5.41) is 1.09. The summed E-state index contributed by atoms with van der Waals surface area (Å²) in [6.07, 6.45) is 2.19. The van der Waals surface area contributed by atoms with E-state index in [-0.39, 0.29) is 5.15 Å². The zero-order valence-electron chi connectivity index (χ0n) is 6.72. The molecule has 1 rings (SSSR count). The van der Waals surface area contributed by atoms with E-state index in [1.54, 1.807) is 0 Å². The lowest BCUT2D eigenvalue weighted by Gasteiger charge is -1.94. The van der Waals surface area contributed by atoms with Gasteiger partial charge >= 0.3 is 0 Å². The van der Waals surface area contributed by atoms with E-state index in [4.69, 9.17) is 17.3 Å². The number of rotatable bonds is 1. The molecule has 0 amide bonds. The molecule has 0 aliphatic heterocycles. The molecule has 0 unspecified atom stereocenters. The molecule has 0 aliphatic rings. The number of anilines is 1. The Bertz CT molecular complexity index is 356. The lowest BCUT2D eigenvalue weighted by Crippen LogP contribution is -1.94. The van der Waals surface area contributed by atoms with Gasteiger partial charge in [-0.3, -0.25) is 0 Å². The van der Waals surface area contributed by atoms with Crippen LogP contribution in [-0.4, -0.2) is 15.3 Å². The van der Waals surface area contributed by atoms with Crippen LogP contribution in [0.1, 0.15) is 12.1 Å². The lowest BCUT2D eigenvalue weighted by atomic mass is 10.4. The third kappa shape index (κ3) is 3.21. The highest BCUT2D eigenvalue weighted by Crippen LogP contribution is 2.09. The first-order chi connectivity index (χ1) is 6.24. The van der Waals surface area contributed by atoms with Crippen LogP contribution in [0.4, 0.5) is 5.82 Å². The molecule has 1 heterocycles. The number of halogens is 2. The predicted octanol–water partition coefficient (Wildman–Crippen LogP) is 1.85. The normalized spacial score (nSPS) is 9.08. The second-order valence-corrected chi connectivity index (χ2v) is 3.33. The van der Waals surface area contributed by atoms with Crippen LogP contribution in [0.15, 0.2) is 6.20 Å². The molecule has 0 radical (unpaired) electrons. The monoisotopic (exact) mass is 259 g/mol. The minimum Gasteiger partial charge on any atom is -0.382 e. The Morgan fingerprint density at radius 1 is 1.62 bits per heavy atom. The average molecular weight is 261 g/mol. The second kappa shape index (κ2) is 5.05. The molecule has 1 aromatic rings. The molecule has 0 bridgehead atoms. The highest BCUT2D eigenvalue weighted by atomic mass is 79.9. The Labute approximate surface area is 89.8 Å². The van der Waals surface area contributed by atoms with Crippen molar-refractivity contribution in [3.8, 4) is 11.8 Å². The van der Waals surface area contributed by atoms with Crippen LogP contribution in [0.2, 0.25) is 5.15 Å². The van der Waals surface area contributed by atoms with Crippen molar-refractivity contribution in [3.63, 3.8) is 0 Å². The Morgan fingerprint density at radius 3 is 3.00 bits per heavy atom. The summed E-state index contributed by atoms with van der Waals surface area (Å²) in [6, 6.07) is 0. The van der Waals surface area contributed by atoms with Crippen LogP contribution in [0.3, 0.4) is 0 Å². The van der Waals surface area contributed by atoms with Crippen LogP contribution < -0.4 is 5.73 Å². The standard InChI is InChI=1S/C8H7BrClN3/c9-4-2-1-3-6-8(10)13-7(11)5-12-6/h5H,2,4H2,(H2,11,13). The predicted molar refractivity (Wildman–Crippen MR) is 56.7 cm³/mol. The van der Waals surface area contributed by atoms with Crippen molar-refractivity contribution in [2.75, 3.05) is 11.1 Å². The number of alkyl halides is 1. The molecule has 0 saturated heterocycles. The van der Waals surface area contributed by atoms with Gasteiger partial charge in [0.05, 0.1) is 6.20 Å². The van der Waals surface area contributed by atoms with Gasteiger partial charge in [-0.25, -0.2) is 9.97 Å². The maximum Gasteiger partial charge on any atom is 0.165 e. The van der Waals surface area contributed by atoms with E-state index in [1.165, 1.54) is 6.20 Å². The van der Waals surface area contributed by atoms with E-state index < -0.39 is 0 Å². The molecule has 13 heavy (non-hydrogen) atoms. The van der Waals surface area contributed by atoms with Crippen molar-refractivity contribution < 1.29 is 0 Å². The topological polar surface area (TPSA) is 51.8 Å². The van der Waals surface area contributed by atoms with Gasteiger partial charge < -0.3 is 5.73 Å². The number of nitrogens with zero attached hydrogens (tertiary/aromatic N) is 2. The minimum atomic E-state index is 0.252. The molecule has 0 aliphatic carbocycles. The van der Waals surface area contributed by atoms with Gasteiger partial charge in [-0.1, -0.05) is 33.5 Å². The summed E-state index contributed by atoms with van der Waals surface area (Å²) >= 11 is 9.00. The van der Waals surface area contributed by atoms with E-state index in [0.29, 0.717) is 11.5 Å². The van der Waals surface area contributed by atoms with Crippen LogP contribution in [0.25, 0.3) is 0 Å². The van der Waals surface area contributed by atoms with Gasteiger partial charge in [0.15, 0.2) is 10.8 Å². The molecule has 68 valence electrons. The van der Waals surface area contributed by atoms with E-state index in [0.717, 1.165) is 11.8 Å². The van der Waals surface area contributed by atoms with Gasteiger partial charge in [0.1, 0.15) is 5.82 Å². The first-order valence-corrected chi connectivity index (χ1v) is 5.07. The highest BCUT2D eigenvalue weighted by Gasteiger charge is 1.99. The van der Waals surface area contributed by atoms with Crippen LogP contribution in [-0.2, 0) is 0 Å². The number of nitrogens with two attached hydrogens (primary N) is 1. The third-order valence-electron chi connectivity index (χ3n) is 1.17. The molecule has 0 fully saturated rings. The molecule has 1 aromatic heterocycles. The number of nitrogen functional groups attached to an aromatic ring is 1. The Kier molecular flexibility index (Phi) is 4.00. The van der Waals surface area contributed by atoms with Crippen LogP contribution in [0.5, 0.6) is 0 Å². The molecule has 2 N–H and O–H groups in total. The Balaban J connectivity index is 2.85. The fraction of sp³-hybridized carbons (Fsp3) is 0.250. The lowest BCUT2D eigenvalue weighted by molar-refractivity contribution is 1.18.